The summed E-state index contributed by atoms with van der Waals surface area (Å²) in [7, 11) is -2.58. The van der Waals surface area contributed by atoms with Crippen LogP contribution in [0.2, 0.25) is 0 Å². The highest BCUT2D eigenvalue weighted by Crippen LogP contribution is 2.30. The molecule has 0 aliphatic heterocycles. The van der Waals surface area contributed by atoms with Crippen LogP contribution in [0.4, 0.5) is 5.69 Å². The van der Waals surface area contributed by atoms with Crippen molar-refractivity contribution in [1.82, 2.24) is 5.43 Å². The molecule has 8 nitrogen and oxygen atoms in total. The second-order valence-corrected chi connectivity index (χ2v) is 10.2. The number of sulfonamides is 1. The van der Waals surface area contributed by atoms with Crippen LogP contribution in [0.15, 0.2) is 81.2 Å². The fourth-order valence-electron chi connectivity index (χ4n) is 3.12. The van der Waals surface area contributed by atoms with E-state index in [0.717, 1.165) is 21.2 Å². The van der Waals surface area contributed by atoms with Gasteiger partial charge in [-0.1, -0.05) is 17.7 Å². The molecular formula is C25H26BrN3O5S. The number of amides is 1. The number of hydrazone groups is 1. The lowest BCUT2D eigenvalue weighted by Gasteiger charge is -2.24. The number of hydrogen-bond acceptors (Lipinski definition) is 6. The van der Waals surface area contributed by atoms with Gasteiger partial charge in [0.25, 0.3) is 15.9 Å². The number of anilines is 1. The standard InChI is InChI=1S/C25H26BrN3O5S/c1-4-34-21-11-7-19(8-12-21)16-27-28-25(30)17-29(20-9-5-18(2)6-10-20)35(31,32)22-13-14-24(33-3)23(26)15-22/h5-16H,4,17H2,1-3H3,(H,28,30)/b27-16-. The molecule has 0 saturated carbocycles. The van der Waals surface area contributed by atoms with E-state index in [1.54, 1.807) is 54.6 Å². The maximum absolute atomic E-state index is 13.5. The number of ether oxygens (including phenoxy) is 2. The van der Waals surface area contributed by atoms with Crippen LogP contribution in [0.5, 0.6) is 11.5 Å². The average molecular weight is 560 g/mol. The largest absolute Gasteiger partial charge is 0.496 e. The Labute approximate surface area is 213 Å². The smallest absolute Gasteiger partial charge is 0.264 e. The number of halogens is 1. The van der Waals surface area contributed by atoms with Crippen molar-refractivity contribution < 1.29 is 22.7 Å². The molecule has 3 aromatic carbocycles. The Kier molecular flexibility index (Phi) is 8.89. The van der Waals surface area contributed by atoms with Crippen molar-refractivity contribution in [2.24, 2.45) is 5.10 Å². The number of hydrogen-bond donors (Lipinski definition) is 1. The van der Waals surface area contributed by atoms with E-state index < -0.39 is 22.5 Å². The third-order valence-corrected chi connectivity index (χ3v) is 7.30. The Bertz CT molecular complexity index is 1290. The topological polar surface area (TPSA) is 97.3 Å². The first-order valence-corrected chi connectivity index (χ1v) is 13.0. The Morgan fingerprint density at radius 1 is 1.09 bits per heavy atom. The van der Waals surface area contributed by atoms with Gasteiger partial charge in [0.05, 0.1) is 35.0 Å². The minimum atomic E-state index is -4.08. The molecule has 0 aromatic heterocycles. The molecule has 0 heterocycles. The number of nitrogens with one attached hydrogen (secondary N) is 1. The molecule has 0 fully saturated rings. The van der Waals surface area contributed by atoms with Crippen molar-refractivity contribution in [2.75, 3.05) is 24.6 Å². The predicted octanol–water partition coefficient (Wildman–Crippen LogP) is 4.51. The number of carbonyl (C=O) groups excluding carboxylic acids is 1. The van der Waals surface area contributed by atoms with Crippen molar-refractivity contribution >= 4 is 43.8 Å². The lowest BCUT2D eigenvalue weighted by molar-refractivity contribution is -0.119. The molecule has 0 unspecified atom stereocenters. The monoisotopic (exact) mass is 559 g/mol. The molecule has 0 radical (unpaired) electrons. The summed E-state index contributed by atoms with van der Waals surface area (Å²) in [5.74, 6) is 0.633. The number of carbonyl (C=O) groups is 1. The van der Waals surface area contributed by atoms with Gasteiger partial charge < -0.3 is 9.47 Å². The van der Waals surface area contributed by atoms with Crippen molar-refractivity contribution in [1.29, 1.82) is 0 Å². The zero-order valence-electron chi connectivity index (χ0n) is 19.6. The summed E-state index contributed by atoms with van der Waals surface area (Å²) < 4.78 is 39.2. The van der Waals surface area contributed by atoms with Crippen molar-refractivity contribution in [3.05, 3.63) is 82.3 Å². The van der Waals surface area contributed by atoms with Gasteiger partial charge in [0, 0.05) is 0 Å². The van der Waals surface area contributed by atoms with Gasteiger partial charge in [0.2, 0.25) is 0 Å². The number of aryl methyl sites for hydroxylation is 1. The lowest BCUT2D eigenvalue weighted by Crippen LogP contribution is -2.39. The highest BCUT2D eigenvalue weighted by atomic mass is 79.9. The number of methoxy groups -OCH3 is 1. The Morgan fingerprint density at radius 3 is 2.37 bits per heavy atom. The summed E-state index contributed by atoms with van der Waals surface area (Å²) in [6, 6.07) is 18.5. The predicted molar refractivity (Wildman–Crippen MR) is 140 cm³/mol. The van der Waals surface area contributed by atoms with Gasteiger partial charge in [-0.25, -0.2) is 13.8 Å². The van der Waals surface area contributed by atoms with Crippen molar-refractivity contribution in [2.45, 2.75) is 18.7 Å². The maximum atomic E-state index is 13.5. The first-order chi connectivity index (χ1) is 16.7. The van der Waals surface area contributed by atoms with Gasteiger partial charge in [-0.15, -0.1) is 0 Å². The van der Waals surface area contributed by atoms with Crippen LogP contribution in [-0.2, 0) is 14.8 Å². The number of benzene rings is 3. The molecule has 0 aliphatic rings. The quantitative estimate of drug-likeness (QED) is 0.291. The molecule has 35 heavy (non-hydrogen) atoms. The molecule has 184 valence electrons. The summed E-state index contributed by atoms with van der Waals surface area (Å²) in [5.41, 5.74) is 4.47. The van der Waals surface area contributed by atoms with E-state index in [4.69, 9.17) is 9.47 Å². The zero-order valence-corrected chi connectivity index (χ0v) is 22.0. The fourth-order valence-corrected chi connectivity index (χ4v) is 5.26. The molecule has 0 bridgehead atoms. The van der Waals surface area contributed by atoms with E-state index in [1.807, 2.05) is 13.8 Å². The molecular weight excluding hydrogens is 534 g/mol. The van der Waals surface area contributed by atoms with Crippen LogP contribution >= 0.6 is 15.9 Å². The van der Waals surface area contributed by atoms with Crippen molar-refractivity contribution in [3.8, 4) is 11.5 Å². The summed E-state index contributed by atoms with van der Waals surface area (Å²) in [5, 5.41) is 3.96. The molecule has 0 atom stereocenters. The van der Waals surface area contributed by atoms with E-state index in [0.29, 0.717) is 22.5 Å². The van der Waals surface area contributed by atoms with Crippen LogP contribution in [0.3, 0.4) is 0 Å². The molecule has 0 aliphatic carbocycles. The molecule has 0 saturated heterocycles. The van der Waals surface area contributed by atoms with E-state index >= 15 is 0 Å². The van der Waals surface area contributed by atoms with Crippen LogP contribution in [0, 0.1) is 6.92 Å². The summed E-state index contributed by atoms with van der Waals surface area (Å²) >= 11 is 3.32. The highest BCUT2D eigenvalue weighted by Gasteiger charge is 2.28. The van der Waals surface area contributed by atoms with Gasteiger partial charge in [0.15, 0.2) is 0 Å². The SMILES string of the molecule is CCOc1ccc(/C=N\NC(=O)CN(c2ccc(C)cc2)S(=O)(=O)c2ccc(OC)c(Br)c2)cc1. The summed E-state index contributed by atoms with van der Waals surface area (Å²) in [6.07, 6.45) is 1.47. The van der Waals surface area contributed by atoms with Gasteiger partial charge in [0.1, 0.15) is 18.0 Å². The van der Waals surface area contributed by atoms with Crippen LogP contribution in [0.25, 0.3) is 0 Å². The summed E-state index contributed by atoms with van der Waals surface area (Å²) in [4.78, 5) is 12.7. The van der Waals surface area contributed by atoms with E-state index in [-0.39, 0.29) is 4.90 Å². The maximum Gasteiger partial charge on any atom is 0.264 e. The zero-order chi connectivity index (χ0) is 25.4. The molecule has 1 N–H and O–H groups in total. The van der Waals surface area contributed by atoms with Crippen LogP contribution in [0.1, 0.15) is 18.1 Å². The van der Waals surface area contributed by atoms with Gasteiger partial charge in [-0.3, -0.25) is 9.10 Å². The van der Waals surface area contributed by atoms with E-state index in [2.05, 4.69) is 26.5 Å². The molecule has 0 spiro atoms. The second-order valence-electron chi connectivity index (χ2n) is 7.44. The first-order valence-electron chi connectivity index (χ1n) is 10.7. The minimum absolute atomic E-state index is 0.0106. The molecule has 10 heteroatoms. The lowest BCUT2D eigenvalue weighted by atomic mass is 10.2. The number of nitrogens with zero attached hydrogens (tertiary/aromatic N) is 2. The minimum Gasteiger partial charge on any atom is -0.496 e. The van der Waals surface area contributed by atoms with Gasteiger partial charge in [-0.2, -0.15) is 5.10 Å². The van der Waals surface area contributed by atoms with Gasteiger partial charge in [-0.05, 0) is 89.9 Å². The molecule has 3 aromatic rings. The average Bonchev–Trinajstić information content (AvgIpc) is 2.84. The third-order valence-electron chi connectivity index (χ3n) is 4.91. The normalized spacial score (nSPS) is 11.3. The summed E-state index contributed by atoms with van der Waals surface area (Å²) in [6.45, 7) is 3.90. The Hall–Kier alpha value is -3.37. The number of rotatable bonds is 10. The van der Waals surface area contributed by atoms with Crippen LogP contribution in [-0.4, -0.2) is 40.8 Å². The van der Waals surface area contributed by atoms with Crippen molar-refractivity contribution in [3.63, 3.8) is 0 Å². The molecule has 3 rings (SSSR count). The first kappa shape index (κ1) is 26.2. The van der Waals surface area contributed by atoms with E-state index in [9.17, 15) is 13.2 Å². The van der Waals surface area contributed by atoms with Gasteiger partial charge >= 0.3 is 0 Å². The third kappa shape index (κ3) is 6.83. The van der Waals surface area contributed by atoms with E-state index in [1.165, 1.54) is 25.5 Å². The Balaban J connectivity index is 1.81. The Morgan fingerprint density at radius 2 is 1.77 bits per heavy atom. The van der Waals surface area contributed by atoms with Crippen LogP contribution < -0.4 is 19.2 Å². The highest BCUT2D eigenvalue weighted by molar-refractivity contribution is 9.10. The molecule has 1 amide bonds. The second kappa shape index (κ2) is 11.9. The fraction of sp³-hybridized carbons (Fsp3) is 0.200.